The highest BCUT2D eigenvalue weighted by Gasteiger charge is 2.22. The molecule has 4 aromatic rings. The smallest absolute Gasteiger partial charge is 0.151 e. The van der Waals surface area contributed by atoms with Crippen LogP contribution >= 0.6 is 11.5 Å². The maximum atomic E-state index is 5.27. The van der Waals surface area contributed by atoms with Crippen LogP contribution in [0.3, 0.4) is 0 Å². The summed E-state index contributed by atoms with van der Waals surface area (Å²) in [5.74, 6) is 1.88. The highest BCUT2D eigenvalue weighted by Crippen LogP contribution is 2.34. The molecule has 0 saturated carbocycles. The number of aromatic nitrogens is 3. The molecule has 1 fully saturated rings. The zero-order valence-electron chi connectivity index (χ0n) is 17.1. The Kier molecular flexibility index (Phi) is 4.96. The largest absolute Gasteiger partial charge is 0.497 e. The van der Waals surface area contributed by atoms with Crippen molar-refractivity contribution in [2.75, 3.05) is 43.1 Å². The van der Waals surface area contributed by atoms with Crippen molar-refractivity contribution in [1.29, 1.82) is 0 Å². The van der Waals surface area contributed by atoms with E-state index in [-0.39, 0.29) is 0 Å². The molecule has 0 radical (unpaired) electrons. The van der Waals surface area contributed by atoms with E-state index in [0.717, 1.165) is 59.2 Å². The first-order valence-electron chi connectivity index (χ1n) is 10.0. The Hall–Kier alpha value is -3.19. The zero-order chi connectivity index (χ0) is 20.5. The van der Waals surface area contributed by atoms with Gasteiger partial charge in [-0.2, -0.15) is 4.37 Å². The Bertz CT molecular complexity index is 1150. The summed E-state index contributed by atoms with van der Waals surface area (Å²) in [6, 6.07) is 16.7. The van der Waals surface area contributed by atoms with Gasteiger partial charge in [-0.25, -0.2) is 9.97 Å². The van der Waals surface area contributed by atoms with Crippen LogP contribution in [0.2, 0.25) is 0 Å². The van der Waals surface area contributed by atoms with Crippen molar-refractivity contribution < 1.29 is 4.74 Å². The molecule has 0 atom stereocenters. The molecule has 1 aliphatic heterocycles. The van der Waals surface area contributed by atoms with E-state index in [0.29, 0.717) is 0 Å². The highest BCUT2D eigenvalue weighted by atomic mass is 32.1. The van der Waals surface area contributed by atoms with E-state index in [2.05, 4.69) is 63.1 Å². The molecule has 0 unspecified atom stereocenters. The molecule has 1 aliphatic rings. The standard InChI is InChI=1S/C23H23N5OS/c1-16-3-5-17(6-4-16)20-21-22(30-26-20)23(25-15-24-21)28-13-11-27(12-14-28)18-7-9-19(29-2)10-8-18/h3-10,15H,11-14H2,1-2H3. The van der Waals surface area contributed by atoms with Crippen molar-refractivity contribution in [1.82, 2.24) is 14.3 Å². The van der Waals surface area contributed by atoms with Crippen LogP contribution in [0.25, 0.3) is 21.5 Å². The molecule has 2 aromatic carbocycles. The number of aryl methyl sites for hydroxylation is 1. The van der Waals surface area contributed by atoms with E-state index >= 15 is 0 Å². The summed E-state index contributed by atoms with van der Waals surface area (Å²) in [6.45, 7) is 5.81. The second-order valence-electron chi connectivity index (χ2n) is 7.44. The fraction of sp³-hybridized carbons (Fsp3) is 0.261. The van der Waals surface area contributed by atoms with E-state index < -0.39 is 0 Å². The number of hydrogen-bond donors (Lipinski definition) is 0. The third-order valence-electron chi connectivity index (χ3n) is 5.58. The van der Waals surface area contributed by atoms with Gasteiger partial charge in [-0.3, -0.25) is 0 Å². The first-order chi connectivity index (χ1) is 14.7. The second kappa shape index (κ2) is 7.91. The fourth-order valence-corrected chi connectivity index (χ4v) is 4.72. The van der Waals surface area contributed by atoms with Gasteiger partial charge in [0.1, 0.15) is 28.0 Å². The molecule has 0 aliphatic carbocycles. The monoisotopic (exact) mass is 417 g/mol. The summed E-state index contributed by atoms with van der Waals surface area (Å²) < 4.78 is 11.0. The van der Waals surface area contributed by atoms with Gasteiger partial charge >= 0.3 is 0 Å². The predicted octanol–water partition coefficient (Wildman–Crippen LogP) is 4.40. The molecule has 6 nitrogen and oxygen atoms in total. The highest BCUT2D eigenvalue weighted by molar-refractivity contribution is 7.14. The second-order valence-corrected chi connectivity index (χ2v) is 8.22. The number of piperazine rings is 1. The number of fused-ring (bicyclic) bond motifs is 1. The van der Waals surface area contributed by atoms with Gasteiger partial charge in [0.15, 0.2) is 5.82 Å². The molecule has 0 N–H and O–H groups in total. The van der Waals surface area contributed by atoms with Gasteiger partial charge in [-0.15, -0.1) is 0 Å². The van der Waals surface area contributed by atoms with Gasteiger partial charge in [0, 0.05) is 37.4 Å². The van der Waals surface area contributed by atoms with Gasteiger partial charge in [0.2, 0.25) is 0 Å². The number of rotatable bonds is 4. The molecule has 30 heavy (non-hydrogen) atoms. The van der Waals surface area contributed by atoms with Crippen LogP contribution in [0.5, 0.6) is 5.75 Å². The summed E-state index contributed by atoms with van der Waals surface area (Å²) in [6.07, 6.45) is 1.67. The zero-order valence-corrected chi connectivity index (χ0v) is 17.9. The van der Waals surface area contributed by atoms with Gasteiger partial charge in [-0.1, -0.05) is 29.8 Å². The van der Waals surface area contributed by atoms with Crippen molar-refractivity contribution in [3.05, 3.63) is 60.4 Å². The molecule has 5 rings (SSSR count). The van der Waals surface area contributed by atoms with Crippen LogP contribution < -0.4 is 14.5 Å². The number of hydrogen-bond acceptors (Lipinski definition) is 7. The van der Waals surface area contributed by atoms with Gasteiger partial charge in [0.25, 0.3) is 0 Å². The average Bonchev–Trinajstić information content (AvgIpc) is 3.24. The number of methoxy groups -OCH3 is 1. The Morgan fingerprint density at radius 3 is 2.27 bits per heavy atom. The third kappa shape index (κ3) is 3.45. The van der Waals surface area contributed by atoms with Crippen molar-refractivity contribution in [3.63, 3.8) is 0 Å². The predicted molar refractivity (Wildman–Crippen MR) is 123 cm³/mol. The van der Waals surface area contributed by atoms with Crippen LogP contribution in [0.1, 0.15) is 5.56 Å². The number of anilines is 2. The van der Waals surface area contributed by atoms with E-state index in [9.17, 15) is 0 Å². The Labute approximate surface area is 179 Å². The lowest BCUT2D eigenvalue weighted by Crippen LogP contribution is -2.46. The minimum Gasteiger partial charge on any atom is -0.497 e. The van der Waals surface area contributed by atoms with E-state index in [1.54, 1.807) is 13.4 Å². The van der Waals surface area contributed by atoms with E-state index in [1.165, 1.54) is 22.8 Å². The minimum atomic E-state index is 0.885. The van der Waals surface area contributed by atoms with Crippen LogP contribution in [-0.4, -0.2) is 47.6 Å². The van der Waals surface area contributed by atoms with Crippen molar-refractivity contribution in [2.24, 2.45) is 0 Å². The van der Waals surface area contributed by atoms with Crippen LogP contribution in [0, 0.1) is 6.92 Å². The number of ether oxygens (including phenoxy) is 1. The fourth-order valence-electron chi connectivity index (χ4n) is 3.85. The lowest BCUT2D eigenvalue weighted by atomic mass is 10.1. The molecular weight excluding hydrogens is 394 g/mol. The molecule has 1 saturated heterocycles. The van der Waals surface area contributed by atoms with Crippen molar-refractivity contribution in [2.45, 2.75) is 6.92 Å². The van der Waals surface area contributed by atoms with Crippen LogP contribution in [-0.2, 0) is 0 Å². The van der Waals surface area contributed by atoms with E-state index in [1.807, 2.05) is 12.1 Å². The van der Waals surface area contributed by atoms with Gasteiger partial charge < -0.3 is 14.5 Å². The summed E-state index contributed by atoms with van der Waals surface area (Å²) in [7, 11) is 1.69. The van der Waals surface area contributed by atoms with E-state index in [4.69, 9.17) is 9.11 Å². The molecule has 7 heteroatoms. The summed E-state index contributed by atoms with van der Waals surface area (Å²) in [4.78, 5) is 13.9. The Morgan fingerprint density at radius 2 is 1.57 bits per heavy atom. The normalized spacial score (nSPS) is 14.3. The van der Waals surface area contributed by atoms with Crippen LogP contribution in [0.4, 0.5) is 11.5 Å². The summed E-state index contributed by atoms with van der Waals surface area (Å²) in [5, 5.41) is 0. The lowest BCUT2D eigenvalue weighted by Gasteiger charge is -2.36. The Morgan fingerprint density at radius 1 is 0.867 bits per heavy atom. The average molecular weight is 418 g/mol. The maximum absolute atomic E-state index is 5.27. The number of benzene rings is 2. The molecule has 152 valence electrons. The molecule has 3 heterocycles. The molecule has 0 bridgehead atoms. The van der Waals surface area contributed by atoms with Crippen LogP contribution in [0.15, 0.2) is 54.9 Å². The lowest BCUT2D eigenvalue weighted by molar-refractivity contribution is 0.415. The minimum absolute atomic E-state index is 0.885. The van der Waals surface area contributed by atoms with Crippen molar-refractivity contribution >= 4 is 33.3 Å². The molecular formula is C23H23N5OS. The summed E-state index contributed by atoms with van der Waals surface area (Å²) >= 11 is 1.49. The molecule has 2 aromatic heterocycles. The number of nitrogens with zero attached hydrogens (tertiary/aromatic N) is 5. The van der Waals surface area contributed by atoms with Crippen molar-refractivity contribution in [3.8, 4) is 17.0 Å². The maximum Gasteiger partial charge on any atom is 0.151 e. The first-order valence-corrected chi connectivity index (χ1v) is 10.8. The summed E-state index contributed by atoms with van der Waals surface area (Å²) in [5.41, 5.74) is 5.44. The van der Waals surface area contributed by atoms with Gasteiger partial charge in [-0.05, 0) is 42.7 Å². The first kappa shape index (κ1) is 18.8. The SMILES string of the molecule is COc1ccc(N2CCN(c3ncnc4c(-c5ccc(C)cc5)nsc34)CC2)cc1. The molecule has 0 amide bonds. The van der Waals surface area contributed by atoms with Gasteiger partial charge in [0.05, 0.1) is 7.11 Å². The quantitative estimate of drug-likeness (QED) is 0.491. The molecule has 0 spiro atoms. The third-order valence-corrected chi connectivity index (χ3v) is 6.41. The Balaban J connectivity index is 1.37. The topological polar surface area (TPSA) is 54.4 Å².